The molecule has 0 N–H and O–H groups in total. The largest absolute Gasteiger partial charge is 0.263 e. The first-order chi connectivity index (χ1) is 3.93. The second kappa shape index (κ2) is 2.72. The summed E-state index contributed by atoms with van der Waals surface area (Å²) >= 11 is 0. The van der Waals surface area contributed by atoms with E-state index < -0.39 is 0 Å². The van der Waals surface area contributed by atoms with E-state index in [9.17, 15) is 0 Å². The van der Waals surface area contributed by atoms with E-state index in [-0.39, 0.29) is 0 Å². The second-order valence-corrected chi connectivity index (χ2v) is 1.72. The van der Waals surface area contributed by atoms with Gasteiger partial charge in [0, 0.05) is 12.7 Å². The minimum Gasteiger partial charge on any atom is -0.263 e. The monoisotopic (exact) mass is 112 g/mol. The van der Waals surface area contributed by atoms with Crippen LogP contribution in [0.1, 0.15) is 13.3 Å². The summed E-state index contributed by atoms with van der Waals surface area (Å²) in [5, 5.41) is 1.81. The summed E-state index contributed by atoms with van der Waals surface area (Å²) in [5.74, 6) is 0. The Kier molecular flexibility index (Phi) is 1.92. The van der Waals surface area contributed by atoms with Crippen molar-refractivity contribution in [2.24, 2.45) is 0 Å². The fourth-order valence-electron chi connectivity index (χ4n) is 0.627. The Hall–Kier alpha value is -0.500. The van der Waals surface area contributed by atoms with E-state index >= 15 is 0 Å². The van der Waals surface area contributed by atoms with Crippen LogP contribution in [0.2, 0.25) is 0 Å². The maximum absolute atomic E-state index is 4.99. The summed E-state index contributed by atoms with van der Waals surface area (Å²) in [6.45, 7) is 4.78. The Morgan fingerprint density at radius 3 is 3.00 bits per heavy atom. The molecule has 0 atom stereocenters. The quantitative estimate of drug-likeness (QED) is 0.534. The van der Waals surface area contributed by atoms with E-state index in [1.165, 1.54) is 0 Å². The van der Waals surface area contributed by atoms with Gasteiger partial charge in [0.1, 0.15) is 6.61 Å². The summed E-state index contributed by atoms with van der Waals surface area (Å²) in [5.41, 5.74) is 0. The maximum atomic E-state index is 4.99. The van der Waals surface area contributed by atoms with Crippen LogP contribution in [0.5, 0.6) is 0 Å². The molecule has 0 aliphatic carbocycles. The lowest BCUT2D eigenvalue weighted by molar-refractivity contribution is -0.0599. The molecular formula is C6H10NO. The summed E-state index contributed by atoms with van der Waals surface area (Å²) in [4.78, 5) is 4.99. The fraction of sp³-hybridized carbons (Fsp3) is 0.500. The van der Waals surface area contributed by atoms with Gasteiger partial charge in [-0.15, -0.1) is 0 Å². The van der Waals surface area contributed by atoms with Crippen molar-refractivity contribution in [3.63, 3.8) is 0 Å². The van der Waals surface area contributed by atoms with Crippen molar-refractivity contribution in [1.29, 1.82) is 0 Å². The molecule has 0 aromatic rings. The van der Waals surface area contributed by atoms with Gasteiger partial charge in [0.2, 0.25) is 0 Å². The van der Waals surface area contributed by atoms with Gasteiger partial charge in [-0.05, 0) is 12.5 Å². The summed E-state index contributed by atoms with van der Waals surface area (Å²) in [6.07, 6.45) is 4.93. The summed E-state index contributed by atoms with van der Waals surface area (Å²) < 4.78 is 0. The molecule has 0 bridgehead atoms. The van der Waals surface area contributed by atoms with Gasteiger partial charge in [-0.3, -0.25) is 9.90 Å². The minimum atomic E-state index is 0.979. The SMILES string of the molecule is CCCN1C=C[CH]O1. The smallest absolute Gasteiger partial charge is 0.138 e. The van der Waals surface area contributed by atoms with Gasteiger partial charge in [0.15, 0.2) is 0 Å². The number of hydrogen-bond acceptors (Lipinski definition) is 2. The van der Waals surface area contributed by atoms with E-state index in [1.807, 2.05) is 12.3 Å². The zero-order valence-electron chi connectivity index (χ0n) is 5.00. The molecule has 2 heteroatoms. The molecule has 0 amide bonds. The van der Waals surface area contributed by atoms with Crippen molar-refractivity contribution < 1.29 is 4.84 Å². The number of rotatable bonds is 2. The highest BCUT2D eigenvalue weighted by molar-refractivity contribution is 4.91. The van der Waals surface area contributed by atoms with Crippen LogP contribution in [0.15, 0.2) is 12.3 Å². The van der Waals surface area contributed by atoms with Gasteiger partial charge < -0.3 is 0 Å². The molecule has 0 aromatic carbocycles. The van der Waals surface area contributed by atoms with Crippen molar-refractivity contribution in [3.05, 3.63) is 18.9 Å². The minimum absolute atomic E-state index is 0.979. The molecule has 1 aliphatic heterocycles. The van der Waals surface area contributed by atoms with Gasteiger partial charge in [0.25, 0.3) is 0 Å². The molecule has 0 aromatic heterocycles. The summed E-state index contributed by atoms with van der Waals surface area (Å²) in [7, 11) is 0. The number of nitrogens with zero attached hydrogens (tertiary/aromatic N) is 1. The first-order valence-corrected chi connectivity index (χ1v) is 2.87. The Morgan fingerprint density at radius 1 is 1.62 bits per heavy atom. The lowest BCUT2D eigenvalue weighted by Crippen LogP contribution is -2.12. The molecule has 8 heavy (non-hydrogen) atoms. The molecule has 1 aliphatic rings. The predicted molar refractivity (Wildman–Crippen MR) is 31.5 cm³/mol. The Balaban J connectivity index is 2.16. The molecule has 0 spiro atoms. The average Bonchev–Trinajstić information content (AvgIpc) is 2.19. The highest BCUT2D eigenvalue weighted by Crippen LogP contribution is 2.04. The third-order valence-electron chi connectivity index (χ3n) is 0.971. The Morgan fingerprint density at radius 2 is 2.50 bits per heavy atom. The van der Waals surface area contributed by atoms with Crippen molar-refractivity contribution in [1.82, 2.24) is 5.06 Å². The van der Waals surface area contributed by atoms with E-state index in [2.05, 4.69) is 6.92 Å². The molecule has 45 valence electrons. The molecule has 1 rings (SSSR count). The lowest BCUT2D eigenvalue weighted by Gasteiger charge is -2.10. The lowest BCUT2D eigenvalue weighted by atomic mass is 10.5. The molecule has 2 nitrogen and oxygen atoms in total. The third kappa shape index (κ3) is 1.23. The molecule has 0 saturated carbocycles. The normalized spacial score (nSPS) is 17.9. The number of hydroxylamine groups is 2. The van der Waals surface area contributed by atoms with Crippen LogP contribution in [0.3, 0.4) is 0 Å². The highest BCUT2D eigenvalue weighted by Gasteiger charge is 2.01. The first-order valence-electron chi connectivity index (χ1n) is 2.87. The standard InChI is InChI=1S/C6H10NO/c1-2-4-7-5-3-6-8-7/h3,5-6H,2,4H2,1H3. The van der Waals surface area contributed by atoms with E-state index in [0.29, 0.717) is 0 Å². The number of hydrogen-bond donors (Lipinski definition) is 0. The summed E-state index contributed by atoms with van der Waals surface area (Å²) in [6, 6.07) is 0. The van der Waals surface area contributed by atoms with Gasteiger partial charge >= 0.3 is 0 Å². The maximum Gasteiger partial charge on any atom is 0.138 e. The van der Waals surface area contributed by atoms with Gasteiger partial charge in [0.05, 0.1) is 0 Å². The van der Waals surface area contributed by atoms with Crippen LogP contribution in [-0.4, -0.2) is 11.6 Å². The van der Waals surface area contributed by atoms with E-state index in [4.69, 9.17) is 4.84 Å². The van der Waals surface area contributed by atoms with Gasteiger partial charge in [-0.2, -0.15) is 0 Å². The average molecular weight is 112 g/mol. The third-order valence-corrected chi connectivity index (χ3v) is 0.971. The van der Waals surface area contributed by atoms with Crippen molar-refractivity contribution >= 4 is 0 Å². The Labute approximate surface area is 49.7 Å². The van der Waals surface area contributed by atoms with E-state index in [1.54, 1.807) is 11.7 Å². The predicted octanol–water partition coefficient (Wildman–Crippen LogP) is 1.32. The topological polar surface area (TPSA) is 12.5 Å². The van der Waals surface area contributed by atoms with Crippen molar-refractivity contribution in [2.45, 2.75) is 13.3 Å². The fourth-order valence-corrected chi connectivity index (χ4v) is 0.627. The van der Waals surface area contributed by atoms with Crippen LogP contribution < -0.4 is 0 Å². The zero-order valence-corrected chi connectivity index (χ0v) is 5.00. The molecule has 0 fully saturated rings. The van der Waals surface area contributed by atoms with Crippen LogP contribution in [0.4, 0.5) is 0 Å². The van der Waals surface area contributed by atoms with Crippen LogP contribution in [-0.2, 0) is 4.84 Å². The molecule has 1 radical (unpaired) electrons. The van der Waals surface area contributed by atoms with Crippen molar-refractivity contribution in [2.75, 3.05) is 6.54 Å². The van der Waals surface area contributed by atoms with Crippen LogP contribution >= 0.6 is 0 Å². The molecule has 0 saturated heterocycles. The first kappa shape index (κ1) is 5.63. The van der Waals surface area contributed by atoms with Crippen molar-refractivity contribution in [3.8, 4) is 0 Å². The highest BCUT2D eigenvalue weighted by atomic mass is 16.7. The zero-order chi connectivity index (χ0) is 5.82. The van der Waals surface area contributed by atoms with E-state index in [0.717, 1.165) is 13.0 Å². The molecule has 1 heterocycles. The van der Waals surface area contributed by atoms with Gasteiger partial charge in [-0.25, -0.2) is 0 Å². The molecular weight excluding hydrogens is 102 g/mol. The van der Waals surface area contributed by atoms with Gasteiger partial charge in [-0.1, -0.05) is 6.92 Å². The molecule has 0 unspecified atom stereocenters. The Bertz CT molecular complexity index is 90.5. The van der Waals surface area contributed by atoms with Crippen LogP contribution in [0.25, 0.3) is 0 Å². The van der Waals surface area contributed by atoms with Crippen LogP contribution in [0, 0.1) is 6.61 Å². The second-order valence-electron chi connectivity index (χ2n) is 1.72.